The van der Waals surface area contributed by atoms with E-state index in [2.05, 4.69) is 18.7 Å². The minimum atomic E-state index is -0.203. The quantitative estimate of drug-likeness (QED) is 0.780. The van der Waals surface area contributed by atoms with Gasteiger partial charge in [0.25, 0.3) is 0 Å². The summed E-state index contributed by atoms with van der Waals surface area (Å²) in [6.07, 6.45) is 2.51. The first kappa shape index (κ1) is 16.6. The molecular formula is C20H23NO3. The second-order valence-electron chi connectivity index (χ2n) is 5.77. The van der Waals surface area contributed by atoms with Crippen LogP contribution in [0.5, 0.6) is 11.5 Å². The first-order valence-electron chi connectivity index (χ1n) is 8.08. The molecule has 2 aromatic carbocycles. The van der Waals surface area contributed by atoms with Gasteiger partial charge >= 0.3 is 0 Å². The molecule has 0 unspecified atom stereocenters. The van der Waals surface area contributed by atoms with E-state index in [9.17, 15) is 0 Å². The van der Waals surface area contributed by atoms with Crippen molar-refractivity contribution >= 4 is 0 Å². The van der Waals surface area contributed by atoms with Gasteiger partial charge in [0, 0.05) is 13.1 Å². The van der Waals surface area contributed by atoms with Crippen LogP contribution >= 0.6 is 0 Å². The van der Waals surface area contributed by atoms with Gasteiger partial charge in [0.2, 0.25) is 0 Å². The lowest BCUT2D eigenvalue weighted by atomic mass is 9.99. The smallest absolute Gasteiger partial charge is 0.161 e. The Kier molecular flexibility index (Phi) is 5.18. The molecule has 0 saturated carbocycles. The van der Waals surface area contributed by atoms with Crippen LogP contribution in [0.3, 0.4) is 0 Å². The zero-order valence-electron chi connectivity index (χ0n) is 14.2. The highest BCUT2D eigenvalue weighted by Crippen LogP contribution is 2.37. The summed E-state index contributed by atoms with van der Waals surface area (Å²) in [5.74, 6) is 1.46. The van der Waals surface area contributed by atoms with E-state index >= 15 is 0 Å². The maximum absolute atomic E-state index is 6.18. The minimum absolute atomic E-state index is 0.203. The average molecular weight is 325 g/mol. The first-order chi connectivity index (χ1) is 11.7. The molecule has 0 radical (unpaired) electrons. The third-order valence-corrected chi connectivity index (χ3v) is 4.26. The molecule has 0 fully saturated rings. The van der Waals surface area contributed by atoms with E-state index in [4.69, 9.17) is 14.3 Å². The van der Waals surface area contributed by atoms with Crippen molar-refractivity contribution in [3.63, 3.8) is 0 Å². The third-order valence-electron chi connectivity index (χ3n) is 4.26. The molecule has 0 spiro atoms. The fourth-order valence-electron chi connectivity index (χ4n) is 3.01. The number of hydroxylamine groups is 2. The van der Waals surface area contributed by atoms with Gasteiger partial charge in [0.15, 0.2) is 11.5 Å². The number of benzene rings is 2. The standard InChI is InChI=1S/C20H23NO3/c1-4-18-17-13-20(23-3)19(22-2)12-16(17)10-11-21(24-18)14-15-8-6-5-7-9-15/h4-9,12-13,18H,1,10-11,14H2,2-3H3/t18-/m1/s1. The van der Waals surface area contributed by atoms with Crippen molar-refractivity contribution in [1.82, 2.24) is 5.06 Å². The fraction of sp³-hybridized carbons (Fsp3) is 0.300. The van der Waals surface area contributed by atoms with E-state index in [0.717, 1.165) is 30.8 Å². The van der Waals surface area contributed by atoms with Crippen molar-refractivity contribution in [2.24, 2.45) is 0 Å². The molecule has 3 rings (SSSR count). The molecule has 1 atom stereocenters. The predicted molar refractivity (Wildman–Crippen MR) is 94.1 cm³/mol. The number of ether oxygens (including phenoxy) is 2. The van der Waals surface area contributed by atoms with Gasteiger partial charge in [-0.05, 0) is 35.2 Å². The number of hydrogen-bond donors (Lipinski definition) is 0. The Bertz CT molecular complexity index is 700. The summed E-state index contributed by atoms with van der Waals surface area (Å²) >= 11 is 0. The molecule has 4 nitrogen and oxygen atoms in total. The number of fused-ring (bicyclic) bond motifs is 1. The van der Waals surface area contributed by atoms with Crippen molar-refractivity contribution in [2.75, 3.05) is 20.8 Å². The molecule has 0 amide bonds. The summed E-state index contributed by atoms with van der Waals surface area (Å²) in [5, 5.41) is 2.00. The van der Waals surface area contributed by atoms with E-state index in [0.29, 0.717) is 5.75 Å². The van der Waals surface area contributed by atoms with E-state index in [-0.39, 0.29) is 6.10 Å². The SMILES string of the molecule is C=C[C@H]1ON(Cc2ccccc2)CCc2cc(OC)c(OC)cc21. The van der Waals surface area contributed by atoms with Crippen molar-refractivity contribution in [1.29, 1.82) is 0 Å². The van der Waals surface area contributed by atoms with Gasteiger partial charge in [0.05, 0.1) is 14.2 Å². The highest BCUT2D eigenvalue weighted by molar-refractivity contribution is 5.49. The summed E-state index contributed by atoms with van der Waals surface area (Å²) in [6.45, 7) is 5.49. The molecule has 1 heterocycles. The molecule has 1 aliphatic rings. The van der Waals surface area contributed by atoms with Crippen LogP contribution in [0.25, 0.3) is 0 Å². The lowest BCUT2D eigenvalue weighted by Crippen LogP contribution is -2.25. The van der Waals surface area contributed by atoms with Crippen LogP contribution in [0.2, 0.25) is 0 Å². The van der Waals surface area contributed by atoms with E-state index < -0.39 is 0 Å². The van der Waals surface area contributed by atoms with Crippen LogP contribution in [0, 0.1) is 0 Å². The normalized spacial score (nSPS) is 17.7. The van der Waals surface area contributed by atoms with Crippen LogP contribution in [-0.4, -0.2) is 25.8 Å². The van der Waals surface area contributed by atoms with Crippen molar-refractivity contribution in [3.05, 3.63) is 71.8 Å². The Morgan fingerprint density at radius 1 is 1.17 bits per heavy atom. The topological polar surface area (TPSA) is 30.9 Å². The lowest BCUT2D eigenvalue weighted by Gasteiger charge is -2.23. The van der Waals surface area contributed by atoms with Crippen molar-refractivity contribution in [3.8, 4) is 11.5 Å². The lowest BCUT2D eigenvalue weighted by molar-refractivity contribution is -0.189. The largest absolute Gasteiger partial charge is 0.493 e. The van der Waals surface area contributed by atoms with Crippen molar-refractivity contribution < 1.29 is 14.3 Å². The van der Waals surface area contributed by atoms with Crippen molar-refractivity contribution in [2.45, 2.75) is 19.1 Å². The summed E-state index contributed by atoms with van der Waals surface area (Å²) in [5.41, 5.74) is 3.51. The number of methoxy groups -OCH3 is 2. The zero-order valence-corrected chi connectivity index (χ0v) is 14.2. The van der Waals surface area contributed by atoms with Crippen LogP contribution in [0.4, 0.5) is 0 Å². The van der Waals surface area contributed by atoms with Gasteiger partial charge in [-0.3, -0.25) is 4.84 Å². The molecule has 0 N–H and O–H groups in total. The van der Waals surface area contributed by atoms with Crippen LogP contribution in [0.1, 0.15) is 22.8 Å². The first-order valence-corrected chi connectivity index (χ1v) is 8.08. The van der Waals surface area contributed by atoms with Crippen LogP contribution in [0.15, 0.2) is 55.1 Å². The Morgan fingerprint density at radius 3 is 2.54 bits per heavy atom. The van der Waals surface area contributed by atoms with E-state index in [1.807, 2.05) is 41.5 Å². The summed E-state index contributed by atoms with van der Waals surface area (Å²) in [6, 6.07) is 14.4. The molecule has 24 heavy (non-hydrogen) atoms. The Morgan fingerprint density at radius 2 is 1.88 bits per heavy atom. The average Bonchev–Trinajstić information content (AvgIpc) is 2.80. The van der Waals surface area contributed by atoms with Crippen LogP contribution < -0.4 is 9.47 Å². The molecule has 2 aromatic rings. The predicted octanol–water partition coefficient (Wildman–Crippen LogP) is 3.92. The number of rotatable bonds is 5. The second-order valence-corrected chi connectivity index (χ2v) is 5.77. The number of nitrogens with zero attached hydrogens (tertiary/aromatic N) is 1. The molecule has 0 bridgehead atoms. The molecule has 1 aliphatic heterocycles. The Balaban J connectivity index is 1.87. The molecule has 0 aliphatic carbocycles. The van der Waals surface area contributed by atoms with Gasteiger partial charge in [-0.1, -0.05) is 36.4 Å². The Hall–Kier alpha value is -2.30. The highest BCUT2D eigenvalue weighted by atomic mass is 16.7. The third kappa shape index (κ3) is 3.45. The van der Waals surface area contributed by atoms with Gasteiger partial charge in [-0.2, -0.15) is 5.06 Å². The van der Waals surface area contributed by atoms with E-state index in [1.54, 1.807) is 14.2 Å². The van der Waals surface area contributed by atoms with Gasteiger partial charge in [-0.15, -0.1) is 6.58 Å². The van der Waals surface area contributed by atoms with Gasteiger partial charge in [0.1, 0.15) is 6.10 Å². The van der Waals surface area contributed by atoms with E-state index in [1.165, 1.54) is 11.1 Å². The zero-order chi connectivity index (χ0) is 16.9. The van der Waals surface area contributed by atoms with Gasteiger partial charge < -0.3 is 9.47 Å². The highest BCUT2D eigenvalue weighted by Gasteiger charge is 2.24. The Labute approximate surface area is 143 Å². The second kappa shape index (κ2) is 7.51. The van der Waals surface area contributed by atoms with Gasteiger partial charge in [-0.25, -0.2) is 0 Å². The summed E-state index contributed by atoms with van der Waals surface area (Å²) in [7, 11) is 3.30. The molecular weight excluding hydrogens is 302 g/mol. The summed E-state index contributed by atoms with van der Waals surface area (Å²) in [4.78, 5) is 6.18. The molecule has 4 heteroatoms. The molecule has 0 saturated heterocycles. The fourth-order valence-corrected chi connectivity index (χ4v) is 3.01. The minimum Gasteiger partial charge on any atom is -0.493 e. The maximum Gasteiger partial charge on any atom is 0.161 e. The molecule has 0 aromatic heterocycles. The van der Waals surface area contributed by atoms with Crippen LogP contribution in [-0.2, 0) is 17.8 Å². The number of hydrogen-bond acceptors (Lipinski definition) is 4. The summed E-state index contributed by atoms with van der Waals surface area (Å²) < 4.78 is 10.9. The molecule has 126 valence electrons. The maximum atomic E-state index is 6.18. The monoisotopic (exact) mass is 325 g/mol.